The van der Waals surface area contributed by atoms with E-state index in [2.05, 4.69) is 5.32 Å². The third-order valence-corrected chi connectivity index (χ3v) is 2.34. The van der Waals surface area contributed by atoms with E-state index in [4.69, 9.17) is 4.74 Å². The maximum atomic E-state index is 11.3. The number of aliphatic hydroxyl groups excluding tert-OH is 1. The summed E-state index contributed by atoms with van der Waals surface area (Å²) >= 11 is 0. The van der Waals surface area contributed by atoms with Gasteiger partial charge in [-0.3, -0.25) is 9.59 Å². The van der Waals surface area contributed by atoms with Crippen LogP contribution in [0.2, 0.25) is 0 Å². The molecule has 0 heterocycles. The third kappa shape index (κ3) is 7.06. The van der Waals surface area contributed by atoms with E-state index >= 15 is 0 Å². The van der Waals surface area contributed by atoms with E-state index in [0.717, 1.165) is 12.8 Å². The number of ether oxygens (including phenoxy) is 1. The predicted octanol–water partition coefficient (Wildman–Crippen LogP) is 1.16. The van der Waals surface area contributed by atoms with Gasteiger partial charge in [-0.2, -0.15) is 0 Å². The lowest BCUT2D eigenvalue weighted by Gasteiger charge is -2.23. The van der Waals surface area contributed by atoms with Crippen molar-refractivity contribution in [3.05, 3.63) is 12.2 Å². The van der Waals surface area contributed by atoms with Crippen molar-refractivity contribution >= 4 is 11.9 Å². The molecule has 1 amide bonds. The minimum atomic E-state index is -0.630. The molecular weight excluding hydrogens is 234 g/mol. The number of hydrogen-bond donors (Lipinski definition) is 2. The lowest BCUT2D eigenvalue weighted by atomic mass is 10.1. The van der Waals surface area contributed by atoms with Crippen molar-refractivity contribution in [3.8, 4) is 0 Å². The van der Waals surface area contributed by atoms with Crippen molar-refractivity contribution in [2.45, 2.75) is 52.2 Å². The largest absolute Gasteiger partial charge is 0.456 e. The van der Waals surface area contributed by atoms with Crippen LogP contribution >= 0.6 is 0 Å². The van der Waals surface area contributed by atoms with E-state index in [1.165, 1.54) is 6.92 Å². The molecule has 104 valence electrons. The van der Waals surface area contributed by atoms with E-state index in [0.29, 0.717) is 6.42 Å². The minimum Gasteiger partial charge on any atom is -0.456 e. The van der Waals surface area contributed by atoms with Crippen LogP contribution in [-0.2, 0) is 14.3 Å². The Morgan fingerprint density at radius 2 is 2.06 bits per heavy atom. The molecule has 0 aromatic heterocycles. The molecule has 0 spiro atoms. The standard InChI is InChI=1S/C13H23NO4/c1-4-6-7-8-12(18-10(3)16)11(9-15)14-13(17)5-2/h7-8,11-12,15H,4-6,9H2,1-3H3,(H,14,17)/t11-,12+/m0/s1. The molecule has 0 radical (unpaired) electrons. The Morgan fingerprint density at radius 1 is 1.39 bits per heavy atom. The van der Waals surface area contributed by atoms with Gasteiger partial charge in [-0.25, -0.2) is 0 Å². The van der Waals surface area contributed by atoms with Crippen molar-refractivity contribution < 1.29 is 19.4 Å². The number of unbranched alkanes of at least 4 members (excludes halogenated alkanes) is 1. The zero-order valence-electron chi connectivity index (χ0n) is 11.3. The summed E-state index contributed by atoms with van der Waals surface area (Å²) in [7, 11) is 0. The Labute approximate surface area is 108 Å². The molecule has 0 aliphatic carbocycles. The van der Waals surface area contributed by atoms with Crippen LogP contribution in [0, 0.1) is 0 Å². The second-order valence-corrected chi connectivity index (χ2v) is 4.00. The van der Waals surface area contributed by atoms with Gasteiger partial charge in [-0.1, -0.05) is 26.3 Å². The average Bonchev–Trinajstić information content (AvgIpc) is 2.34. The zero-order valence-corrected chi connectivity index (χ0v) is 11.3. The van der Waals surface area contributed by atoms with Crippen molar-refractivity contribution in [1.82, 2.24) is 5.32 Å². The number of hydrogen-bond acceptors (Lipinski definition) is 4. The first-order valence-electron chi connectivity index (χ1n) is 6.29. The number of aliphatic hydroxyl groups is 1. The number of esters is 1. The number of carbonyl (C=O) groups is 2. The normalized spacial score (nSPS) is 14.2. The maximum absolute atomic E-state index is 11.3. The van der Waals surface area contributed by atoms with E-state index in [-0.39, 0.29) is 12.5 Å². The van der Waals surface area contributed by atoms with Gasteiger partial charge in [0.25, 0.3) is 0 Å². The highest BCUT2D eigenvalue weighted by Crippen LogP contribution is 2.05. The van der Waals surface area contributed by atoms with Gasteiger partial charge in [0.15, 0.2) is 0 Å². The van der Waals surface area contributed by atoms with Crippen LogP contribution in [0.1, 0.15) is 40.0 Å². The first-order valence-corrected chi connectivity index (χ1v) is 6.29. The van der Waals surface area contributed by atoms with Crippen LogP contribution in [0.15, 0.2) is 12.2 Å². The average molecular weight is 257 g/mol. The van der Waals surface area contributed by atoms with Crippen LogP contribution in [-0.4, -0.2) is 35.7 Å². The molecule has 0 aliphatic heterocycles. The molecule has 0 rings (SSSR count). The van der Waals surface area contributed by atoms with Crippen LogP contribution in [0.25, 0.3) is 0 Å². The molecule has 2 atom stereocenters. The Bertz CT molecular complexity index is 289. The van der Waals surface area contributed by atoms with Gasteiger partial charge in [0.2, 0.25) is 5.91 Å². The van der Waals surface area contributed by atoms with Crippen molar-refractivity contribution in [3.63, 3.8) is 0 Å². The fraction of sp³-hybridized carbons (Fsp3) is 0.692. The molecule has 0 aliphatic rings. The van der Waals surface area contributed by atoms with Crippen molar-refractivity contribution in [1.29, 1.82) is 0 Å². The van der Waals surface area contributed by atoms with Gasteiger partial charge in [0.1, 0.15) is 6.10 Å². The second kappa shape index (κ2) is 9.65. The summed E-state index contributed by atoms with van der Waals surface area (Å²) in [6, 6.07) is -0.602. The quantitative estimate of drug-likeness (QED) is 0.505. The molecule has 5 heteroatoms. The summed E-state index contributed by atoms with van der Waals surface area (Å²) in [6.07, 6.45) is 5.12. The molecule has 0 bridgehead atoms. The molecule has 0 unspecified atom stereocenters. The highest BCUT2D eigenvalue weighted by atomic mass is 16.5. The van der Waals surface area contributed by atoms with Gasteiger partial charge in [0, 0.05) is 13.3 Å². The summed E-state index contributed by atoms with van der Waals surface area (Å²) < 4.78 is 5.09. The topological polar surface area (TPSA) is 75.6 Å². The van der Waals surface area contributed by atoms with Crippen molar-refractivity contribution in [2.24, 2.45) is 0 Å². The van der Waals surface area contributed by atoms with Gasteiger partial charge in [0.05, 0.1) is 12.6 Å². The molecule has 5 nitrogen and oxygen atoms in total. The van der Waals surface area contributed by atoms with E-state index in [1.807, 2.05) is 13.0 Å². The maximum Gasteiger partial charge on any atom is 0.303 e. The predicted molar refractivity (Wildman–Crippen MR) is 68.9 cm³/mol. The highest BCUT2D eigenvalue weighted by Gasteiger charge is 2.22. The summed E-state index contributed by atoms with van der Waals surface area (Å²) in [5.41, 5.74) is 0. The third-order valence-electron chi connectivity index (χ3n) is 2.34. The summed E-state index contributed by atoms with van der Waals surface area (Å²) in [6.45, 7) is 4.78. The smallest absolute Gasteiger partial charge is 0.303 e. The highest BCUT2D eigenvalue weighted by molar-refractivity contribution is 5.76. The van der Waals surface area contributed by atoms with Crippen molar-refractivity contribution in [2.75, 3.05) is 6.61 Å². The fourth-order valence-electron chi connectivity index (χ4n) is 1.38. The summed E-state index contributed by atoms with van der Waals surface area (Å²) in [5, 5.41) is 11.9. The monoisotopic (exact) mass is 257 g/mol. The van der Waals surface area contributed by atoms with Crippen LogP contribution in [0.5, 0.6) is 0 Å². The zero-order chi connectivity index (χ0) is 14.0. The fourth-order valence-corrected chi connectivity index (χ4v) is 1.38. The molecule has 18 heavy (non-hydrogen) atoms. The van der Waals surface area contributed by atoms with E-state index in [9.17, 15) is 14.7 Å². The van der Waals surface area contributed by atoms with Crippen LogP contribution in [0.3, 0.4) is 0 Å². The van der Waals surface area contributed by atoms with Gasteiger partial charge in [-0.05, 0) is 12.5 Å². The molecule has 0 saturated carbocycles. The first kappa shape index (κ1) is 16.6. The first-order chi connectivity index (χ1) is 8.54. The lowest BCUT2D eigenvalue weighted by Crippen LogP contribution is -2.46. The van der Waals surface area contributed by atoms with Crippen LogP contribution < -0.4 is 5.32 Å². The Hall–Kier alpha value is -1.36. The van der Waals surface area contributed by atoms with Gasteiger partial charge in [-0.15, -0.1) is 0 Å². The summed E-state index contributed by atoms with van der Waals surface area (Å²) in [4.78, 5) is 22.3. The Balaban J connectivity index is 4.65. The van der Waals surface area contributed by atoms with Crippen LogP contribution in [0.4, 0.5) is 0 Å². The molecule has 0 fully saturated rings. The number of nitrogens with one attached hydrogen (secondary N) is 1. The van der Waals surface area contributed by atoms with Gasteiger partial charge >= 0.3 is 5.97 Å². The molecule has 0 aromatic carbocycles. The SMILES string of the molecule is CCCC=C[C@@H](OC(C)=O)[C@H](CO)NC(=O)CC. The number of rotatable bonds is 8. The molecule has 0 aromatic rings. The molecule has 2 N–H and O–H groups in total. The Kier molecular flexibility index (Phi) is 8.92. The Morgan fingerprint density at radius 3 is 2.50 bits per heavy atom. The second-order valence-electron chi connectivity index (χ2n) is 4.00. The number of allylic oxidation sites excluding steroid dienone is 1. The van der Waals surface area contributed by atoms with E-state index in [1.54, 1.807) is 13.0 Å². The van der Waals surface area contributed by atoms with E-state index < -0.39 is 18.1 Å². The number of carbonyl (C=O) groups excluding carboxylic acids is 2. The van der Waals surface area contributed by atoms with Gasteiger partial charge < -0.3 is 15.2 Å². The summed E-state index contributed by atoms with van der Waals surface area (Å²) in [5.74, 6) is -0.625. The number of amides is 1. The minimum absolute atomic E-state index is 0.185. The lowest BCUT2D eigenvalue weighted by molar-refractivity contribution is -0.146. The molecular formula is C13H23NO4. The molecule has 0 saturated heterocycles.